The van der Waals surface area contributed by atoms with E-state index in [4.69, 9.17) is 0 Å². The van der Waals surface area contributed by atoms with Gasteiger partial charge in [-0.05, 0) is 63.1 Å². The van der Waals surface area contributed by atoms with Gasteiger partial charge in [-0.25, -0.2) is 0 Å². The molecule has 1 fully saturated rings. The number of rotatable bonds is 10. The number of likely N-dealkylation sites (N-methyl/N-ethyl adjacent to an activating group) is 1. The molecule has 2 atom stereocenters. The molecule has 1 aliphatic rings. The Morgan fingerprint density at radius 3 is 2.20 bits per heavy atom. The van der Waals surface area contributed by atoms with Gasteiger partial charge in [0.2, 0.25) is 5.91 Å². The van der Waals surface area contributed by atoms with Crippen molar-refractivity contribution in [3.8, 4) is 0 Å². The minimum absolute atomic E-state index is 0. The zero-order chi connectivity index (χ0) is 21.4. The Morgan fingerprint density at radius 2 is 1.67 bits per heavy atom. The van der Waals surface area contributed by atoms with Crippen LogP contribution in [-0.4, -0.2) is 60.3 Å². The zero-order valence-corrected chi connectivity index (χ0v) is 22.7. The minimum Gasteiger partial charge on any atom is -0.342 e. The van der Waals surface area contributed by atoms with Crippen molar-refractivity contribution in [1.29, 1.82) is 0 Å². The minimum atomic E-state index is 0. The third-order valence-corrected chi connectivity index (χ3v) is 6.64. The van der Waals surface area contributed by atoms with Crippen molar-refractivity contribution < 1.29 is 46.8 Å². The fraction of sp³-hybridized carbons (Fsp3) is 0.680. The molecule has 0 N–H and O–H groups in total. The summed E-state index contributed by atoms with van der Waals surface area (Å²) in [5, 5.41) is 0. The van der Waals surface area contributed by atoms with Gasteiger partial charge in [0, 0.05) is 52.2 Å². The summed E-state index contributed by atoms with van der Waals surface area (Å²) in [5.41, 5.74) is 3.57. The Bertz CT molecular complexity index is 680. The van der Waals surface area contributed by atoms with Crippen LogP contribution in [0.2, 0.25) is 0 Å². The molecule has 2 unspecified atom stereocenters. The number of amides is 1. The van der Waals surface area contributed by atoms with Crippen LogP contribution in [-0.2, 0) is 48.7 Å². The maximum atomic E-state index is 13.2. The first-order valence-electron chi connectivity index (χ1n) is 11.6. The normalized spacial score (nSPS) is 21.0. The second-order valence-electron chi connectivity index (χ2n) is 8.97. The molecule has 4 nitrogen and oxygen atoms in total. The van der Waals surface area contributed by atoms with Crippen LogP contribution < -0.4 is 0 Å². The first-order valence-corrected chi connectivity index (χ1v) is 11.6. The Kier molecular flexibility index (Phi) is 12.0. The summed E-state index contributed by atoms with van der Waals surface area (Å²) in [6, 6.07) is 6.23. The average Bonchev–Trinajstić information content (AvgIpc) is 2.70. The summed E-state index contributed by atoms with van der Waals surface area (Å²) in [6.07, 6.45) is 4.51. The van der Waals surface area contributed by atoms with Crippen molar-refractivity contribution in [1.82, 2.24) is 4.90 Å². The van der Waals surface area contributed by atoms with E-state index in [2.05, 4.69) is 57.7 Å². The van der Waals surface area contributed by atoms with Gasteiger partial charge in [0.1, 0.15) is 6.54 Å². The molecule has 1 heterocycles. The van der Waals surface area contributed by atoms with Crippen LogP contribution in [0.15, 0.2) is 18.2 Å². The molecule has 1 radical (unpaired) electrons. The third-order valence-electron chi connectivity index (χ3n) is 6.64. The Morgan fingerprint density at radius 1 is 1.07 bits per heavy atom. The number of nitrogens with zero attached hydrogens (tertiary/aromatic N) is 2. The van der Waals surface area contributed by atoms with Crippen molar-refractivity contribution in [3.05, 3.63) is 34.9 Å². The molecule has 1 saturated heterocycles. The molecular weight excluding hydrogens is 449 g/mol. The molecule has 165 valence electrons. The molecule has 0 aliphatic carbocycles. The molecule has 30 heavy (non-hydrogen) atoms. The second kappa shape index (κ2) is 13.1. The average molecular weight is 491 g/mol. The molecule has 5 heteroatoms. The predicted molar refractivity (Wildman–Crippen MR) is 120 cm³/mol. The fourth-order valence-electron chi connectivity index (χ4n) is 4.95. The fourth-order valence-corrected chi connectivity index (χ4v) is 4.95. The van der Waals surface area contributed by atoms with Crippen LogP contribution in [0.25, 0.3) is 0 Å². The Balaban J connectivity index is 0.00000450. The SMILES string of the molecule is CCCN(CCC)C(=O)C1CCC[N+](CC)(CC(=O)Cc2c(C)cccc2C)C1.[Y]. The van der Waals surface area contributed by atoms with E-state index in [1.165, 1.54) is 16.7 Å². The first kappa shape index (κ1) is 27.5. The molecule has 0 bridgehead atoms. The number of hydrogen-bond acceptors (Lipinski definition) is 2. The van der Waals surface area contributed by atoms with Crippen LogP contribution >= 0.6 is 0 Å². The van der Waals surface area contributed by atoms with Crippen molar-refractivity contribution in [2.24, 2.45) is 5.92 Å². The number of Topliss-reactive ketones (excluding diaryl/α,β-unsaturated/α-hetero) is 1. The maximum Gasteiger partial charge on any atom is 0.231 e. The summed E-state index contributed by atoms with van der Waals surface area (Å²) < 4.78 is 0.770. The van der Waals surface area contributed by atoms with Crippen LogP contribution in [0.4, 0.5) is 0 Å². The van der Waals surface area contributed by atoms with Crippen LogP contribution in [0.3, 0.4) is 0 Å². The van der Waals surface area contributed by atoms with Crippen molar-refractivity contribution in [2.75, 3.05) is 39.3 Å². The number of likely N-dealkylation sites (tertiary alicyclic amines) is 1. The van der Waals surface area contributed by atoms with Gasteiger partial charge in [-0.15, -0.1) is 0 Å². The smallest absolute Gasteiger partial charge is 0.231 e. The summed E-state index contributed by atoms with van der Waals surface area (Å²) in [7, 11) is 0. The summed E-state index contributed by atoms with van der Waals surface area (Å²) >= 11 is 0. The largest absolute Gasteiger partial charge is 0.342 e. The first-order chi connectivity index (χ1) is 13.9. The quantitative estimate of drug-likeness (QED) is 0.459. The number of piperidine rings is 1. The van der Waals surface area contributed by atoms with Gasteiger partial charge in [-0.1, -0.05) is 32.0 Å². The van der Waals surface area contributed by atoms with E-state index < -0.39 is 0 Å². The second-order valence-corrected chi connectivity index (χ2v) is 8.97. The maximum absolute atomic E-state index is 13.2. The van der Waals surface area contributed by atoms with Gasteiger partial charge in [0.15, 0.2) is 5.78 Å². The van der Waals surface area contributed by atoms with E-state index in [-0.39, 0.29) is 38.6 Å². The molecule has 0 saturated carbocycles. The molecule has 1 aromatic rings. The topological polar surface area (TPSA) is 37.4 Å². The number of aryl methyl sites for hydroxylation is 2. The number of carbonyl (C=O) groups excluding carboxylic acids is 2. The van der Waals surface area contributed by atoms with E-state index >= 15 is 0 Å². The van der Waals surface area contributed by atoms with E-state index in [9.17, 15) is 9.59 Å². The van der Waals surface area contributed by atoms with E-state index in [0.717, 1.165) is 62.9 Å². The molecular formula is C25H41N2O2Y+. The number of benzene rings is 1. The number of hydrogen-bond donors (Lipinski definition) is 0. The van der Waals surface area contributed by atoms with Gasteiger partial charge in [0.05, 0.1) is 25.6 Å². The summed E-state index contributed by atoms with van der Waals surface area (Å²) in [6.45, 7) is 15.6. The van der Waals surface area contributed by atoms with Crippen molar-refractivity contribution in [2.45, 2.75) is 66.7 Å². The molecule has 2 rings (SSSR count). The molecule has 1 aromatic carbocycles. The van der Waals surface area contributed by atoms with Crippen molar-refractivity contribution >= 4 is 11.7 Å². The van der Waals surface area contributed by atoms with Crippen LogP contribution in [0.5, 0.6) is 0 Å². The van der Waals surface area contributed by atoms with Gasteiger partial charge >= 0.3 is 0 Å². The zero-order valence-electron chi connectivity index (χ0n) is 19.9. The molecule has 0 aromatic heterocycles. The van der Waals surface area contributed by atoms with E-state index in [0.29, 0.717) is 24.7 Å². The van der Waals surface area contributed by atoms with E-state index in [1.807, 2.05) is 0 Å². The van der Waals surface area contributed by atoms with Crippen LogP contribution in [0.1, 0.15) is 63.1 Å². The number of ketones is 1. The third kappa shape index (κ3) is 7.24. The van der Waals surface area contributed by atoms with Crippen molar-refractivity contribution in [3.63, 3.8) is 0 Å². The van der Waals surface area contributed by atoms with Gasteiger partial charge in [0.25, 0.3) is 0 Å². The molecule has 0 spiro atoms. The molecule has 1 aliphatic heterocycles. The predicted octanol–water partition coefficient (Wildman–Crippen LogP) is 4.31. The molecule has 1 amide bonds. The van der Waals surface area contributed by atoms with Crippen LogP contribution in [0, 0.1) is 19.8 Å². The monoisotopic (exact) mass is 490 g/mol. The van der Waals surface area contributed by atoms with E-state index in [1.54, 1.807) is 0 Å². The van der Waals surface area contributed by atoms with Gasteiger partial charge < -0.3 is 9.38 Å². The Hall–Kier alpha value is -0.576. The summed E-state index contributed by atoms with van der Waals surface area (Å²) in [4.78, 5) is 28.3. The summed E-state index contributed by atoms with van der Waals surface area (Å²) in [5.74, 6) is 0.678. The Labute approximate surface area is 209 Å². The number of quaternary nitrogens is 1. The number of carbonyl (C=O) groups is 2. The van der Waals surface area contributed by atoms with Gasteiger partial charge in [-0.3, -0.25) is 9.59 Å². The standard InChI is InChI=1S/C25H41N2O2.Y/c1-6-14-26(15-7-2)25(29)22-13-10-16-27(8-3,18-22)19-23(28)17-24-20(4)11-9-12-21(24)5;/h9,11-12,22H,6-8,10,13-19H2,1-5H3;/q+1;. The van der Waals surface area contributed by atoms with Gasteiger partial charge in [-0.2, -0.15) is 0 Å².